The summed E-state index contributed by atoms with van der Waals surface area (Å²) in [5.41, 5.74) is 1.06. The highest BCUT2D eigenvalue weighted by molar-refractivity contribution is 6.35. The van der Waals surface area contributed by atoms with Crippen LogP contribution in [0.2, 0.25) is 5.02 Å². The van der Waals surface area contributed by atoms with Gasteiger partial charge in [-0.25, -0.2) is 0 Å². The minimum absolute atomic E-state index is 0.0507. The molecule has 68 valence electrons. The fourth-order valence-electron chi connectivity index (χ4n) is 1.26. The molecular weight excluding hydrogens is 198 g/mol. The Morgan fingerprint density at radius 2 is 2.21 bits per heavy atom. The van der Waals surface area contributed by atoms with Crippen LogP contribution >= 0.6 is 11.6 Å². The van der Waals surface area contributed by atoms with Crippen molar-refractivity contribution >= 4 is 22.5 Å². The number of hydrogen-bond acceptors (Lipinski definition) is 2. The van der Waals surface area contributed by atoms with Crippen LogP contribution in [0.25, 0.3) is 10.9 Å². The minimum Gasteiger partial charge on any atom is -0.507 e. The summed E-state index contributed by atoms with van der Waals surface area (Å²) in [5.74, 6) is 2.43. The van der Waals surface area contributed by atoms with Crippen LogP contribution in [0, 0.1) is 12.3 Å². The number of phenolic OH excluding ortho intramolecular Hbond substituents is 1. The number of halogens is 1. The molecule has 1 aromatic carbocycles. The van der Waals surface area contributed by atoms with Crippen LogP contribution in [0.1, 0.15) is 5.56 Å². The highest BCUT2D eigenvalue weighted by atomic mass is 35.5. The molecule has 0 aliphatic heterocycles. The van der Waals surface area contributed by atoms with Crippen molar-refractivity contribution in [3.05, 3.63) is 35.0 Å². The molecule has 0 radical (unpaired) electrons. The lowest BCUT2D eigenvalue weighted by molar-refractivity contribution is 0.474. The molecule has 0 unspecified atom stereocenters. The van der Waals surface area contributed by atoms with Gasteiger partial charge < -0.3 is 5.11 Å². The topological polar surface area (TPSA) is 33.1 Å². The Hall–Kier alpha value is -1.72. The summed E-state index contributed by atoms with van der Waals surface area (Å²) in [4.78, 5) is 4.07. The van der Waals surface area contributed by atoms with Crippen molar-refractivity contribution in [1.29, 1.82) is 0 Å². The number of rotatable bonds is 0. The van der Waals surface area contributed by atoms with E-state index in [1.54, 1.807) is 18.3 Å². The molecular formula is C11H6ClNO. The molecule has 0 amide bonds. The van der Waals surface area contributed by atoms with Crippen LogP contribution in [-0.4, -0.2) is 10.1 Å². The maximum atomic E-state index is 9.47. The highest BCUT2D eigenvalue weighted by Gasteiger charge is 2.04. The van der Waals surface area contributed by atoms with Gasteiger partial charge in [-0.15, -0.1) is 6.42 Å². The highest BCUT2D eigenvalue weighted by Crippen LogP contribution is 2.27. The summed E-state index contributed by atoms with van der Waals surface area (Å²) in [6.45, 7) is 0. The molecule has 1 heterocycles. The van der Waals surface area contributed by atoms with Gasteiger partial charge in [0.1, 0.15) is 5.75 Å². The number of aromatic hydroxyl groups is 1. The number of fused-ring (bicyclic) bond motifs is 1. The fourth-order valence-corrected chi connectivity index (χ4v) is 1.47. The SMILES string of the molecule is C#Cc1cc2c(Cl)ccnc2cc1O. The van der Waals surface area contributed by atoms with E-state index in [2.05, 4.69) is 10.9 Å². The Balaban J connectivity index is 2.89. The van der Waals surface area contributed by atoms with Crippen LogP contribution in [0.5, 0.6) is 5.75 Å². The molecule has 0 aliphatic carbocycles. The van der Waals surface area contributed by atoms with Crippen LogP contribution in [0.15, 0.2) is 24.4 Å². The number of terminal acetylenes is 1. The zero-order chi connectivity index (χ0) is 10.1. The molecule has 1 N–H and O–H groups in total. The second kappa shape index (κ2) is 3.21. The van der Waals surface area contributed by atoms with E-state index < -0.39 is 0 Å². The molecule has 3 heteroatoms. The van der Waals surface area contributed by atoms with E-state index in [0.717, 1.165) is 5.39 Å². The van der Waals surface area contributed by atoms with Crippen molar-refractivity contribution in [1.82, 2.24) is 4.98 Å². The average Bonchev–Trinajstić information content (AvgIpc) is 2.17. The van der Waals surface area contributed by atoms with E-state index in [4.69, 9.17) is 18.0 Å². The molecule has 0 spiro atoms. The van der Waals surface area contributed by atoms with Crippen molar-refractivity contribution in [2.75, 3.05) is 0 Å². The van der Waals surface area contributed by atoms with E-state index in [0.29, 0.717) is 16.1 Å². The summed E-state index contributed by atoms with van der Waals surface area (Å²) in [7, 11) is 0. The predicted molar refractivity (Wildman–Crippen MR) is 56.4 cm³/mol. The summed E-state index contributed by atoms with van der Waals surface area (Å²) >= 11 is 5.95. The van der Waals surface area contributed by atoms with E-state index in [1.807, 2.05) is 0 Å². The monoisotopic (exact) mass is 203 g/mol. The van der Waals surface area contributed by atoms with Gasteiger partial charge in [-0.3, -0.25) is 4.98 Å². The molecule has 14 heavy (non-hydrogen) atoms. The van der Waals surface area contributed by atoms with Gasteiger partial charge in [0.25, 0.3) is 0 Å². The van der Waals surface area contributed by atoms with Gasteiger partial charge in [-0.05, 0) is 12.1 Å². The summed E-state index contributed by atoms with van der Waals surface area (Å²) in [6.07, 6.45) is 6.80. The third-order valence-corrected chi connectivity index (χ3v) is 2.29. The second-order valence-corrected chi connectivity index (χ2v) is 3.23. The third-order valence-electron chi connectivity index (χ3n) is 1.96. The van der Waals surface area contributed by atoms with Crippen molar-refractivity contribution in [3.63, 3.8) is 0 Å². The summed E-state index contributed by atoms with van der Waals surface area (Å²) < 4.78 is 0. The maximum Gasteiger partial charge on any atom is 0.133 e. The molecule has 1 aromatic heterocycles. The lowest BCUT2D eigenvalue weighted by atomic mass is 10.1. The van der Waals surface area contributed by atoms with Crippen LogP contribution in [-0.2, 0) is 0 Å². The Morgan fingerprint density at radius 3 is 2.93 bits per heavy atom. The van der Waals surface area contributed by atoms with Crippen LogP contribution < -0.4 is 0 Å². The fraction of sp³-hybridized carbons (Fsp3) is 0. The van der Waals surface area contributed by atoms with Gasteiger partial charge >= 0.3 is 0 Å². The van der Waals surface area contributed by atoms with Gasteiger partial charge in [-0.2, -0.15) is 0 Å². The first-order chi connectivity index (χ1) is 6.72. The Labute approximate surface area is 86.2 Å². The van der Waals surface area contributed by atoms with E-state index in [-0.39, 0.29) is 5.75 Å². The number of phenols is 1. The zero-order valence-electron chi connectivity index (χ0n) is 7.16. The normalized spacial score (nSPS) is 10.0. The van der Waals surface area contributed by atoms with E-state index >= 15 is 0 Å². The third kappa shape index (κ3) is 1.28. The molecule has 0 aliphatic rings. The standard InChI is InChI=1S/C11H6ClNO/c1-2-7-5-8-9(12)3-4-13-10(8)6-11(7)14/h1,3-6,14H. The van der Waals surface area contributed by atoms with Crippen molar-refractivity contribution in [3.8, 4) is 18.1 Å². The van der Waals surface area contributed by atoms with Crippen LogP contribution in [0.3, 0.4) is 0 Å². The maximum absolute atomic E-state index is 9.47. The molecule has 0 fully saturated rings. The van der Waals surface area contributed by atoms with Gasteiger partial charge in [0.05, 0.1) is 16.1 Å². The first kappa shape index (κ1) is 8.86. The molecule has 2 nitrogen and oxygen atoms in total. The van der Waals surface area contributed by atoms with E-state index in [9.17, 15) is 5.11 Å². The average molecular weight is 204 g/mol. The first-order valence-electron chi connectivity index (χ1n) is 3.96. The first-order valence-corrected chi connectivity index (χ1v) is 4.34. The number of nitrogens with zero attached hydrogens (tertiary/aromatic N) is 1. The van der Waals surface area contributed by atoms with Gasteiger partial charge in [0.2, 0.25) is 0 Å². The van der Waals surface area contributed by atoms with Gasteiger partial charge in [-0.1, -0.05) is 17.5 Å². The molecule has 0 saturated heterocycles. The molecule has 0 bridgehead atoms. The zero-order valence-corrected chi connectivity index (χ0v) is 7.92. The van der Waals surface area contributed by atoms with Crippen molar-refractivity contribution in [2.45, 2.75) is 0 Å². The van der Waals surface area contributed by atoms with Gasteiger partial charge in [0, 0.05) is 17.6 Å². The molecule has 0 atom stereocenters. The lowest BCUT2D eigenvalue weighted by Crippen LogP contribution is -1.82. The quantitative estimate of drug-likeness (QED) is 0.668. The van der Waals surface area contributed by atoms with E-state index in [1.165, 1.54) is 6.07 Å². The predicted octanol–water partition coefficient (Wildman–Crippen LogP) is 2.58. The number of aromatic nitrogens is 1. The Kier molecular flexibility index (Phi) is 2.03. The van der Waals surface area contributed by atoms with Crippen molar-refractivity contribution in [2.24, 2.45) is 0 Å². The summed E-state index contributed by atoms with van der Waals surface area (Å²) in [5, 5.41) is 10.8. The Bertz CT molecular complexity index is 543. The van der Waals surface area contributed by atoms with Gasteiger partial charge in [0.15, 0.2) is 0 Å². The lowest BCUT2D eigenvalue weighted by Gasteiger charge is -2.02. The van der Waals surface area contributed by atoms with Crippen LogP contribution in [0.4, 0.5) is 0 Å². The minimum atomic E-state index is 0.0507. The number of pyridine rings is 1. The largest absolute Gasteiger partial charge is 0.507 e. The molecule has 0 saturated carbocycles. The molecule has 2 aromatic rings. The van der Waals surface area contributed by atoms with Crippen molar-refractivity contribution < 1.29 is 5.11 Å². The second-order valence-electron chi connectivity index (χ2n) is 2.82. The number of benzene rings is 1. The number of hydrogen-bond donors (Lipinski definition) is 1. The summed E-state index contributed by atoms with van der Waals surface area (Å²) in [6, 6.07) is 4.84. The smallest absolute Gasteiger partial charge is 0.133 e. The molecule has 2 rings (SSSR count). The Morgan fingerprint density at radius 1 is 1.43 bits per heavy atom.